The monoisotopic (exact) mass is 477 g/mol. The van der Waals surface area contributed by atoms with Gasteiger partial charge in [-0.05, 0) is 42.0 Å². The van der Waals surface area contributed by atoms with Crippen molar-refractivity contribution in [3.05, 3.63) is 35.7 Å². The van der Waals surface area contributed by atoms with Gasteiger partial charge >= 0.3 is 6.18 Å². The predicted octanol–water partition coefficient (Wildman–Crippen LogP) is 2.35. The first-order valence-electron chi connectivity index (χ1n) is 11.2. The molecule has 4 rings (SSSR count). The van der Waals surface area contributed by atoms with Gasteiger partial charge in [-0.3, -0.25) is 4.79 Å². The summed E-state index contributed by atoms with van der Waals surface area (Å²) in [5, 5.41) is 20.0. The van der Waals surface area contributed by atoms with Crippen molar-refractivity contribution in [2.45, 2.75) is 32.5 Å². The molecule has 0 saturated carbocycles. The number of likely N-dealkylation sites (tertiary alicyclic amines) is 1. The standard InChI is InChI=1S/C22H26F3N7O2/c1-2-34-14-21-6-8-30(18-4-3-16(10-26)19(9-18)22(23,24)25)11-17(21)12-31(13-21)20(33)5-7-32-15-27-28-29-32/h3-4,9,15,17H,2,5-8,11-14H2,1H3/t17-,21+/m1/s1. The molecular weight excluding hydrogens is 451 g/mol. The van der Waals surface area contributed by atoms with Crippen LogP contribution in [0.25, 0.3) is 0 Å². The number of aromatic nitrogens is 4. The van der Waals surface area contributed by atoms with E-state index in [1.165, 1.54) is 17.1 Å². The number of carbonyl (C=O) groups is 1. The Kier molecular flexibility index (Phi) is 6.74. The van der Waals surface area contributed by atoms with Gasteiger partial charge in [0, 0.05) is 56.2 Å². The Morgan fingerprint density at radius 3 is 2.85 bits per heavy atom. The SMILES string of the molecule is CCOC[C@@]12CCN(c3ccc(C#N)c(C(F)(F)F)c3)C[C@@H]1CN(C(=O)CCn1cnnn1)C2. The molecule has 182 valence electrons. The van der Waals surface area contributed by atoms with Crippen LogP contribution in [-0.2, 0) is 22.3 Å². The highest BCUT2D eigenvalue weighted by Gasteiger charge is 2.50. The van der Waals surface area contributed by atoms with Crippen LogP contribution in [0, 0.1) is 22.7 Å². The fraction of sp³-hybridized carbons (Fsp3) is 0.591. The summed E-state index contributed by atoms with van der Waals surface area (Å²) in [5.41, 5.74) is -1.13. The van der Waals surface area contributed by atoms with E-state index in [1.807, 2.05) is 16.7 Å². The fourth-order valence-electron chi connectivity index (χ4n) is 4.96. The number of halogens is 3. The number of rotatable bonds is 7. The second kappa shape index (κ2) is 9.58. The van der Waals surface area contributed by atoms with Crippen molar-refractivity contribution >= 4 is 11.6 Å². The lowest BCUT2D eigenvalue weighted by atomic mass is 9.73. The molecule has 2 aliphatic rings. The van der Waals surface area contributed by atoms with Crippen LogP contribution >= 0.6 is 0 Å². The van der Waals surface area contributed by atoms with E-state index in [1.54, 1.807) is 12.1 Å². The molecule has 2 saturated heterocycles. The van der Waals surface area contributed by atoms with Crippen LogP contribution in [0.5, 0.6) is 0 Å². The zero-order chi connectivity index (χ0) is 24.3. The molecule has 0 unspecified atom stereocenters. The number of piperidine rings is 1. The maximum absolute atomic E-state index is 13.5. The minimum atomic E-state index is -4.61. The highest BCUT2D eigenvalue weighted by Crippen LogP contribution is 2.45. The van der Waals surface area contributed by atoms with Crippen LogP contribution in [0.3, 0.4) is 0 Å². The lowest BCUT2D eigenvalue weighted by Crippen LogP contribution is -2.49. The maximum Gasteiger partial charge on any atom is 0.417 e. The first-order valence-corrected chi connectivity index (χ1v) is 11.2. The Balaban J connectivity index is 1.51. The third-order valence-electron chi connectivity index (χ3n) is 6.82. The smallest absolute Gasteiger partial charge is 0.381 e. The lowest BCUT2D eigenvalue weighted by Gasteiger charge is -2.44. The van der Waals surface area contributed by atoms with E-state index in [0.717, 1.165) is 6.07 Å². The summed E-state index contributed by atoms with van der Waals surface area (Å²) in [7, 11) is 0. The van der Waals surface area contributed by atoms with Gasteiger partial charge in [0.05, 0.1) is 30.3 Å². The van der Waals surface area contributed by atoms with E-state index in [2.05, 4.69) is 15.5 Å². The molecule has 2 fully saturated rings. The van der Waals surface area contributed by atoms with Gasteiger partial charge < -0.3 is 14.5 Å². The van der Waals surface area contributed by atoms with E-state index >= 15 is 0 Å². The molecule has 1 aromatic carbocycles. The number of aryl methyl sites for hydroxylation is 1. The Morgan fingerprint density at radius 1 is 1.35 bits per heavy atom. The van der Waals surface area contributed by atoms with Gasteiger partial charge in [0.15, 0.2) is 0 Å². The number of benzene rings is 1. The molecule has 3 heterocycles. The number of nitriles is 1. The summed E-state index contributed by atoms with van der Waals surface area (Å²) in [6, 6.07) is 5.47. The van der Waals surface area contributed by atoms with Crippen molar-refractivity contribution in [1.29, 1.82) is 5.26 Å². The number of hydrogen-bond donors (Lipinski definition) is 0. The number of alkyl halides is 3. The van der Waals surface area contributed by atoms with Crippen LogP contribution in [-0.4, -0.2) is 70.4 Å². The van der Waals surface area contributed by atoms with Crippen molar-refractivity contribution in [1.82, 2.24) is 25.1 Å². The van der Waals surface area contributed by atoms with Crippen molar-refractivity contribution in [3.63, 3.8) is 0 Å². The summed E-state index contributed by atoms with van der Waals surface area (Å²) in [6.07, 6.45) is -2.20. The number of hydrogen-bond acceptors (Lipinski definition) is 7. The molecule has 34 heavy (non-hydrogen) atoms. The van der Waals surface area contributed by atoms with Crippen LogP contribution < -0.4 is 4.90 Å². The number of tetrazole rings is 1. The van der Waals surface area contributed by atoms with Gasteiger partial charge in [0.1, 0.15) is 6.33 Å². The summed E-state index contributed by atoms with van der Waals surface area (Å²) >= 11 is 0. The van der Waals surface area contributed by atoms with Crippen molar-refractivity contribution in [2.24, 2.45) is 11.3 Å². The maximum atomic E-state index is 13.5. The van der Waals surface area contributed by atoms with E-state index in [4.69, 9.17) is 10.00 Å². The number of ether oxygens (including phenoxy) is 1. The molecule has 2 aliphatic heterocycles. The molecule has 2 aromatic rings. The third kappa shape index (κ3) is 4.84. The second-order valence-electron chi connectivity index (χ2n) is 8.83. The number of amides is 1. The molecule has 0 spiro atoms. The minimum absolute atomic E-state index is 0.00921. The van der Waals surface area contributed by atoms with Crippen LogP contribution in [0.2, 0.25) is 0 Å². The first-order chi connectivity index (χ1) is 16.3. The summed E-state index contributed by atoms with van der Waals surface area (Å²) in [5.74, 6) is 0.0415. The van der Waals surface area contributed by atoms with E-state index in [0.29, 0.717) is 58.0 Å². The van der Waals surface area contributed by atoms with Crippen molar-refractivity contribution < 1.29 is 22.7 Å². The summed E-state index contributed by atoms with van der Waals surface area (Å²) in [6.45, 7) is 5.47. The average Bonchev–Trinajstić information content (AvgIpc) is 3.48. The van der Waals surface area contributed by atoms with Gasteiger partial charge in [-0.1, -0.05) is 0 Å². The summed E-state index contributed by atoms with van der Waals surface area (Å²) in [4.78, 5) is 16.7. The normalized spacial score (nSPS) is 22.5. The molecule has 0 radical (unpaired) electrons. The molecule has 1 amide bonds. The van der Waals surface area contributed by atoms with Gasteiger partial charge in [-0.25, -0.2) is 4.68 Å². The molecular formula is C22H26F3N7O2. The quantitative estimate of drug-likeness (QED) is 0.604. The largest absolute Gasteiger partial charge is 0.417 e. The molecule has 1 aromatic heterocycles. The van der Waals surface area contributed by atoms with E-state index < -0.39 is 11.7 Å². The van der Waals surface area contributed by atoms with Gasteiger partial charge in [0.2, 0.25) is 5.91 Å². The molecule has 2 atom stereocenters. The highest BCUT2D eigenvalue weighted by atomic mass is 19.4. The highest BCUT2D eigenvalue weighted by molar-refractivity contribution is 5.76. The second-order valence-corrected chi connectivity index (χ2v) is 8.83. The summed E-state index contributed by atoms with van der Waals surface area (Å²) < 4.78 is 47.7. The Labute approximate surface area is 195 Å². The zero-order valence-corrected chi connectivity index (χ0v) is 18.8. The number of nitrogens with zero attached hydrogens (tertiary/aromatic N) is 7. The van der Waals surface area contributed by atoms with Gasteiger partial charge in [-0.2, -0.15) is 18.4 Å². The molecule has 9 nitrogen and oxygen atoms in total. The van der Waals surface area contributed by atoms with Crippen LogP contribution in [0.15, 0.2) is 24.5 Å². The van der Waals surface area contributed by atoms with Crippen LogP contribution in [0.1, 0.15) is 30.9 Å². The molecule has 0 aliphatic carbocycles. The number of anilines is 1. The third-order valence-corrected chi connectivity index (χ3v) is 6.82. The van der Waals surface area contributed by atoms with Crippen LogP contribution in [0.4, 0.5) is 18.9 Å². The van der Waals surface area contributed by atoms with E-state index in [9.17, 15) is 18.0 Å². The zero-order valence-electron chi connectivity index (χ0n) is 18.8. The first kappa shape index (κ1) is 23.9. The van der Waals surface area contributed by atoms with Crippen molar-refractivity contribution in [3.8, 4) is 6.07 Å². The number of fused-ring (bicyclic) bond motifs is 1. The van der Waals surface area contributed by atoms with Gasteiger partial charge in [-0.15, -0.1) is 5.10 Å². The van der Waals surface area contributed by atoms with E-state index in [-0.39, 0.29) is 29.2 Å². The molecule has 0 bridgehead atoms. The topological polar surface area (TPSA) is 100 Å². The lowest BCUT2D eigenvalue weighted by molar-refractivity contribution is -0.137. The molecule has 0 N–H and O–H groups in total. The Hall–Kier alpha value is -3.20. The average molecular weight is 477 g/mol. The minimum Gasteiger partial charge on any atom is -0.381 e. The number of carbonyl (C=O) groups excluding carboxylic acids is 1. The predicted molar refractivity (Wildman–Crippen MR) is 114 cm³/mol. The van der Waals surface area contributed by atoms with Gasteiger partial charge in [0.25, 0.3) is 0 Å². The molecule has 12 heteroatoms. The fourth-order valence-corrected chi connectivity index (χ4v) is 4.96. The Morgan fingerprint density at radius 2 is 2.18 bits per heavy atom. The Bertz CT molecular complexity index is 1050. The van der Waals surface area contributed by atoms with Crippen molar-refractivity contribution in [2.75, 3.05) is 44.3 Å².